The Bertz CT molecular complexity index is 4740. The second-order valence-corrected chi connectivity index (χ2v) is 34.8. The van der Waals surface area contributed by atoms with E-state index < -0.39 is 66.2 Å². The fraction of sp³-hybridized carbons (Fsp3) is 0.598. The molecule has 13 heterocycles. The molecule has 0 spiro atoms. The molecule has 1 aromatic heterocycles. The number of aryl methyl sites for hydroxylation is 1. The molecule has 121 heavy (non-hydrogen) atoms. The van der Waals surface area contributed by atoms with Crippen molar-refractivity contribution in [2.24, 2.45) is 10.2 Å². The van der Waals surface area contributed by atoms with Crippen LogP contribution in [0.1, 0.15) is 181 Å². The number of rotatable bonds is 31. The topological polar surface area (TPSA) is 359 Å². The third kappa shape index (κ3) is 18.2. The third-order valence-electron chi connectivity index (χ3n) is 25.6. The van der Waals surface area contributed by atoms with E-state index in [4.69, 9.17) is 71.1 Å². The van der Waals surface area contributed by atoms with Crippen LogP contribution in [-0.2, 0) is 74.8 Å². The molecular weight excluding hydrogens is 1580 g/mol. The highest BCUT2D eigenvalue weighted by molar-refractivity contribution is 8.00. The number of ether oxygens (including phenoxy) is 15. The monoisotopic (exact) mass is 1690 g/mol. The molecular formula is C87H107N11O22S. The van der Waals surface area contributed by atoms with Crippen LogP contribution in [0, 0.1) is 0 Å². The summed E-state index contributed by atoms with van der Waals surface area (Å²) in [4.78, 5) is 95.5. The zero-order chi connectivity index (χ0) is 83.6. The molecule has 1 amide bonds. The summed E-state index contributed by atoms with van der Waals surface area (Å²) < 4.78 is 87.0. The zero-order valence-electron chi connectivity index (χ0n) is 69.0. The first-order valence-electron chi connectivity index (χ1n) is 42.7. The molecule has 15 aliphatic rings. The predicted molar refractivity (Wildman–Crippen MR) is 433 cm³/mol. The highest BCUT2D eigenvalue weighted by atomic mass is 32.2. The summed E-state index contributed by atoms with van der Waals surface area (Å²) in [5.41, 5.74) is 7.55. The molecule has 0 radical (unpaired) electrons. The standard InChI is InChI=1S/C43H57N9O10S.C25H31NO6.C19H19NO6/c1-26-45-31-24-63-35(39(31)46-26)5-3-4-6-36(53)44-10-13-56-15-17-58-18-16-57-14-12-52-23-28(47-50-52)7-9-43(48-49-43)22-37(54)61-34-19-27-8-11-51(2)40(27)38-29-20-32-33(60-25-59-32)21-30(29)42(55)62-41(34)38;1-3-4-5-6-7-8-21(27)31-20-11-15-9-10-26(2)23(15)22-16-12-18-19(30-14-29-18)13-17(16)25(28)32-24(20)22;1-9(21)25-15-5-10-3-4-20(2)17(10)16-11-6-13-14(24-8-23-13)7-12(11)19(22)26-18(15)16/h19-21,23,31,34-35,38-41,45-46H,1,3-18,22,24-25H2,2H3,(H,44,53);11-13,20,22-24H,3-10,14H2,1-2H3;5-7,15-18H,3-4,8H2,1-2H3/t31-,34-,35-,38-,39-,40+,41+;20-,22-,23+,24+;15-,16-,17+,18+/m000/s1. The molecule has 5 saturated heterocycles. The maximum absolute atomic E-state index is 13.4. The lowest BCUT2D eigenvalue weighted by Crippen LogP contribution is -2.52. The minimum absolute atomic E-state index is 0.00573. The van der Waals surface area contributed by atoms with E-state index in [0.29, 0.717) is 147 Å². The average Bonchev–Trinajstić information content (AvgIpc) is 1.68. The number of nitrogens with zero attached hydrogens (tertiary/aromatic N) is 8. The van der Waals surface area contributed by atoms with Crippen molar-refractivity contribution in [1.82, 2.24) is 45.6 Å². The highest BCUT2D eigenvalue weighted by Gasteiger charge is 2.57. The molecule has 648 valence electrons. The molecule has 3 aromatic carbocycles. The van der Waals surface area contributed by atoms with Crippen LogP contribution in [-0.4, -0.2) is 262 Å². The Kier molecular flexibility index (Phi) is 25.3. The number of carbonyl (C=O) groups is 7. The minimum Gasteiger partial charge on any atom is -0.454 e. The SMILES string of the molecule is C=C1N[C@H]2[C@H](CS[C@H]2CCCCC(=O)NCCOCCOCCOCCn2cc(CCC3(CC(=O)O[C@H]4C=C5CCN(C)[C@H]5[C@@H]5c6cc7c(cc6C(=O)O[C@@H]54)OCO7)N=N3)nn2)N1.CC(=O)O[C@H]1C=C2CCN(C)[C@H]2[C@@H]2c3cc4c(cc3C(=O)O[C@@H]21)OCO4.CCCCCCCC(=O)O[C@H]1C=C2CCN(C)[C@H]2[C@@H]2c3cc4c(cc3C(=O)O[C@@H]21)OCO4. The van der Waals surface area contributed by atoms with Gasteiger partial charge in [0.05, 0.1) is 92.9 Å². The highest BCUT2D eigenvalue weighted by Crippen LogP contribution is 2.54. The maximum Gasteiger partial charge on any atom is 0.339 e. The first-order chi connectivity index (χ1) is 58.8. The van der Waals surface area contributed by atoms with Crippen LogP contribution in [0.15, 0.2) is 100 Å². The molecule has 3 N–H and O–H groups in total. The van der Waals surface area contributed by atoms with E-state index in [2.05, 4.69) is 85.8 Å². The quantitative estimate of drug-likeness (QED) is 0.0185. The zero-order valence-corrected chi connectivity index (χ0v) is 69.8. The van der Waals surface area contributed by atoms with Gasteiger partial charge < -0.3 is 87.0 Å². The van der Waals surface area contributed by atoms with Gasteiger partial charge in [0.1, 0.15) is 0 Å². The molecule has 34 heteroatoms. The van der Waals surface area contributed by atoms with Crippen LogP contribution in [0.5, 0.6) is 34.5 Å². The predicted octanol–water partition coefficient (Wildman–Crippen LogP) is 8.18. The Morgan fingerprint density at radius 1 is 0.579 bits per heavy atom. The Morgan fingerprint density at radius 3 is 1.55 bits per heavy atom. The van der Waals surface area contributed by atoms with Crippen molar-refractivity contribution in [2.45, 2.75) is 219 Å². The van der Waals surface area contributed by atoms with Gasteiger partial charge in [0, 0.05) is 105 Å². The second kappa shape index (κ2) is 36.7. The number of benzene rings is 3. The van der Waals surface area contributed by atoms with Gasteiger partial charge in [-0.2, -0.15) is 22.0 Å². The van der Waals surface area contributed by atoms with Crippen LogP contribution in [0.4, 0.5) is 0 Å². The van der Waals surface area contributed by atoms with Gasteiger partial charge in [0.2, 0.25) is 31.9 Å². The number of thioether (sulfide) groups is 1. The summed E-state index contributed by atoms with van der Waals surface area (Å²) in [6.07, 6.45) is 17.1. The number of carbonyl (C=O) groups excluding carboxylic acids is 7. The number of nitrogens with one attached hydrogen (secondary N) is 3. The molecule has 12 aliphatic heterocycles. The summed E-state index contributed by atoms with van der Waals surface area (Å²) in [7, 11) is 6.22. The van der Waals surface area contributed by atoms with Gasteiger partial charge in [-0.3, -0.25) is 33.9 Å². The minimum atomic E-state index is -0.878. The van der Waals surface area contributed by atoms with Crippen molar-refractivity contribution < 1.29 is 105 Å². The van der Waals surface area contributed by atoms with E-state index in [1.54, 1.807) is 22.9 Å². The number of likely N-dealkylation sites (tertiary alicyclic amines) is 3. The molecule has 33 nitrogen and oxygen atoms in total. The molecule has 5 fully saturated rings. The van der Waals surface area contributed by atoms with Crippen molar-refractivity contribution in [3.8, 4) is 34.5 Å². The van der Waals surface area contributed by atoms with Crippen LogP contribution in [0.2, 0.25) is 0 Å². The second-order valence-electron chi connectivity index (χ2n) is 33.5. The fourth-order valence-corrected chi connectivity index (χ4v) is 21.2. The number of aromatic nitrogens is 3. The van der Waals surface area contributed by atoms with Gasteiger partial charge in [-0.1, -0.05) is 67.5 Å². The molecule has 3 aliphatic carbocycles. The first kappa shape index (κ1) is 83.4. The van der Waals surface area contributed by atoms with E-state index in [1.165, 1.54) is 30.9 Å². The number of hydrogen-bond acceptors (Lipinski definition) is 32. The van der Waals surface area contributed by atoms with E-state index in [-0.39, 0.29) is 80.5 Å². The molecule has 0 bridgehead atoms. The Labute approximate surface area is 705 Å². The van der Waals surface area contributed by atoms with E-state index >= 15 is 0 Å². The fourth-order valence-electron chi connectivity index (χ4n) is 19.7. The lowest BCUT2D eigenvalue weighted by molar-refractivity contribution is -0.155. The van der Waals surface area contributed by atoms with Gasteiger partial charge in [-0.15, -0.1) is 5.10 Å². The van der Waals surface area contributed by atoms with Gasteiger partial charge in [-0.25, -0.2) is 19.1 Å². The van der Waals surface area contributed by atoms with Gasteiger partial charge in [0.15, 0.2) is 71.1 Å². The van der Waals surface area contributed by atoms with Crippen molar-refractivity contribution in [3.05, 3.63) is 129 Å². The summed E-state index contributed by atoms with van der Waals surface area (Å²) >= 11 is 2.00. The normalized spacial score (nSPS) is 28.1. The number of unbranched alkanes of at least 4 members (excludes halogenated alkanes) is 5. The van der Waals surface area contributed by atoms with Crippen molar-refractivity contribution >= 4 is 53.5 Å². The number of esters is 6. The van der Waals surface area contributed by atoms with E-state index in [0.717, 1.165) is 117 Å². The number of likely N-dealkylation sites (N-methyl/N-ethyl adjacent to an activating group) is 3. The van der Waals surface area contributed by atoms with Crippen molar-refractivity contribution in [2.75, 3.05) is 113 Å². The van der Waals surface area contributed by atoms with Crippen LogP contribution < -0.4 is 44.4 Å². The van der Waals surface area contributed by atoms with Crippen molar-refractivity contribution in [3.63, 3.8) is 0 Å². The van der Waals surface area contributed by atoms with Crippen LogP contribution in [0.3, 0.4) is 0 Å². The smallest absolute Gasteiger partial charge is 0.339 e. The van der Waals surface area contributed by atoms with Crippen molar-refractivity contribution in [1.29, 1.82) is 0 Å². The average molecular weight is 1690 g/mol. The summed E-state index contributed by atoms with van der Waals surface area (Å²) in [5.74, 6) is 2.77. The molecule has 19 rings (SSSR count). The molecule has 15 atom stereocenters. The lowest BCUT2D eigenvalue weighted by atomic mass is 9.73. The Balaban J connectivity index is 0.000000148. The number of amides is 1. The molecule has 0 saturated carbocycles. The summed E-state index contributed by atoms with van der Waals surface area (Å²) in [5, 5.41) is 27.3. The summed E-state index contributed by atoms with van der Waals surface area (Å²) in [6.45, 7) is 14.2. The van der Waals surface area contributed by atoms with E-state index in [1.807, 2.05) is 54.4 Å². The molecule has 0 unspecified atom stereocenters. The molecule has 4 aromatic rings. The summed E-state index contributed by atoms with van der Waals surface area (Å²) in [6, 6.07) is 11.9. The largest absolute Gasteiger partial charge is 0.454 e. The van der Waals surface area contributed by atoms with Gasteiger partial charge in [0.25, 0.3) is 0 Å². The van der Waals surface area contributed by atoms with Crippen LogP contribution >= 0.6 is 11.8 Å². The maximum atomic E-state index is 13.4. The van der Waals surface area contributed by atoms with Crippen LogP contribution in [0.25, 0.3) is 0 Å². The Morgan fingerprint density at radius 2 is 1.05 bits per heavy atom. The third-order valence-corrected chi connectivity index (χ3v) is 27.1. The number of fused-ring (bicyclic) bond motifs is 19. The first-order valence-corrected chi connectivity index (χ1v) is 43.7. The van der Waals surface area contributed by atoms with E-state index in [9.17, 15) is 33.6 Å². The number of hydrogen-bond donors (Lipinski definition) is 3. The van der Waals surface area contributed by atoms with Gasteiger partial charge >= 0.3 is 35.8 Å². The van der Waals surface area contributed by atoms with Gasteiger partial charge in [-0.05, 0) is 137 Å². The Hall–Kier alpha value is -9.84. The lowest BCUT2D eigenvalue weighted by Gasteiger charge is -2.44.